The van der Waals surface area contributed by atoms with Gasteiger partial charge in [-0.3, -0.25) is 4.79 Å². The summed E-state index contributed by atoms with van der Waals surface area (Å²) in [5, 5.41) is -5.49. The lowest BCUT2D eigenvalue weighted by molar-refractivity contribution is -0.287. The lowest BCUT2D eigenvalue weighted by atomic mass is 10.1. The molecule has 10 heteroatoms. The van der Waals surface area contributed by atoms with Crippen LogP contribution in [0.25, 0.3) is 0 Å². The van der Waals surface area contributed by atoms with Crippen LogP contribution in [0.2, 0.25) is 0 Å². The van der Waals surface area contributed by atoms with Gasteiger partial charge in [-0.25, -0.2) is 4.98 Å². The molecule has 0 unspecified atom stereocenters. The fraction of sp³-hybridized carbons (Fsp3) is 0.500. The Hall–Kier alpha value is -1.25. The summed E-state index contributed by atoms with van der Waals surface area (Å²) < 4.78 is 76.9. The van der Waals surface area contributed by atoms with Crippen LogP contribution in [0, 0.1) is 6.92 Å². The van der Waals surface area contributed by atoms with Crippen molar-refractivity contribution >= 4 is 11.6 Å². The van der Waals surface area contributed by atoms with E-state index < -0.39 is 34.3 Å². The van der Waals surface area contributed by atoms with E-state index in [9.17, 15) is 31.1 Å². The summed E-state index contributed by atoms with van der Waals surface area (Å²) in [4.78, 5) is 15.7. The maximum absolute atomic E-state index is 13.3. The highest BCUT2D eigenvalue weighted by molar-refractivity contribution is 6.22. The van der Waals surface area contributed by atoms with Crippen LogP contribution in [-0.4, -0.2) is 21.3 Å². The monoisotopic (exact) mass is 294 g/mol. The van der Waals surface area contributed by atoms with Crippen molar-refractivity contribution in [1.82, 2.24) is 9.97 Å². The molecule has 0 atom stereocenters. The van der Waals surface area contributed by atoms with Gasteiger partial charge in [-0.1, -0.05) is 0 Å². The Kier molecular flexibility index (Phi) is 3.41. The first-order chi connectivity index (χ1) is 7.89. The quantitative estimate of drug-likeness (QED) is 0.688. The molecule has 0 aliphatic rings. The lowest BCUT2D eigenvalue weighted by Crippen LogP contribution is -2.50. The zero-order valence-corrected chi connectivity index (χ0v) is 9.33. The van der Waals surface area contributed by atoms with Crippen LogP contribution in [0.4, 0.5) is 26.3 Å². The van der Waals surface area contributed by atoms with Crippen LogP contribution in [-0.2, 0) is 5.92 Å². The van der Waals surface area contributed by atoms with Gasteiger partial charge in [-0.05, 0) is 18.5 Å². The van der Waals surface area contributed by atoms with E-state index in [1.807, 2.05) is 4.98 Å². The minimum atomic E-state index is -5.89. The van der Waals surface area contributed by atoms with E-state index in [1.54, 1.807) is 0 Å². The fourth-order valence-electron chi connectivity index (χ4n) is 1.08. The third kappa shape index (κ3) is 2.31. The molecule has 0 fully saturated rings. The van der Waals surface area contributed by atoms with E-state index in [0.29, 0.717) is 0 Å². The Balaban J connectivity index is 3.42. The molecule has 0 aromatic carbocycles. The molecule has 1 rings (SSSR count). The first-order valence-electron chi connectivity index (χ1n) is 4.30. The first-order valence-corrected chi connectivity index (χ1v) is 4.68. The van der Waals surface area contributed by atoms with Gasteiger partial charge in [-0.2, -0.15) is 26.3 Å². The van der Waals surface area contributed by atoms with Gasteiger partial charge >= 0.3 is 17.2 Å². The van der Waals surface area contributed by atoms with Gasteiger partial charge in [-0.15, -0.1) is 0 Å². The average Bonchev–Trinajstić information content (AvgIpc) is 2.13. The summed E-state index contributed by atoms with van der Waals surface area (Å²) in [6, 6.07) is 0.00351. The molecular formula is C8H5ClF6N2O. The van der Waals surface area contributed by atoms with Gasteiger partial charge in [0.15, 0.2) is 0 Å². The molecule has 0 bridgehead atoms. The number of rotatable bonds is 3. The molecule has 1 aromatic rings. The Morgan fingerprint density at radius 2 is 1.72 bits per heavy atom. The number of nitrogens with zero attached hydrogens (tertiary/aromatic N) is 1. The molecule has 1 heterocycles. The number of hydrogen-bond donors (Lipinski definition) is 1. The van der Waals surface area contributed by atoms with Crippen LogP contribution in [0.3, 0.4) is 0 Å². The van der Waals surface area contributed by atoms with Crippen molar-refractivity contribution in [2.24, 2.45) is 0 Å². The Morgan fingerprint density at radius 3 is 2.11 bits per heavy atom. The second kappa shape index (κ2) is 4.15. The summed E-state index contributed by atoms with van der Waals surface area (Å²) in [6.45, 7) is 1.03. The molecular weight excluding hydrogens is 290 g/mol. The number of halogens is 7. The van der Waals surface area contributed by atoms with Crippen LogP contribution in [0.15, 0.2) is 10.9 Å². The molecule has 0 saturated heterocycles. The third-order valence-electron chi connectivity index (χ3n) is 1.93. The number of alkyl halides is 7. The lowest BCUT2D eigenvalue weighted by Gasteiger charge is -2.28. The number of aromatic nitrogens is 2. The summed E-state index contributed by atoms with van der Waals surface area (Å²) >= 11 is 3.96. The van der Waals surface area contributed by atoms with Crippen molar-refractivity contribution < 1.29 is 26.3 Å². The molecule has 0 amide bonds. The molecule has 102 valence electrons. The van der Waals surface area contributed by atoms with Gasteiger partial charge in [0.05, 0.1) is 0 Å². The van der Waals surface area contributed by atoms with Gasteiger partial charge in [0.2, 0.25) is 0 Å². The second-order valence-electron chi connectivity index (χ2n) is 3.36. The minimum absolute atomic E-state index is 0.00351. The summed E-state index contributed by atoms with van der Waals surface area (Å²) in [5.41, 5.74) is -2.96. The highest BCUT2D eigenvalue weighted by Crippen LogP contribution is 2.52. The largest absolute Gasteiger partial charge is 0.392 e. The molecule has 1 N–H and O–H groups in total. The number of H-pyrrole nitrogens is 1. The smallest absolute Gasteiger partial charge is 0.311 e. The fourth-order valence-corrected chi connectivity index (χ4v) is 1.20. The topological polar surface area (TPSA) is 45.8 Å². The second-order valence-corrected chi connectivity index (χ2v) is 3.84. The number of hydrogen-bond acceptors (Lipinski definition) is 2. The standard InChI is InChI=1S/C8H5ClF6N2O/c1-3-16-4(2-5(18)17-3)6(10,11)7(12,13)8(9,14)15/h2H,1H3,(H,16,17,18). The summed E-state index contributed by atoms with van der Waals surface area (Å²) in [5.74, 6) is -11.7. The molecule has 0 radical (unpaired) electrons. The van der Waals surface area contributed by atoms with Crippen molar-refractivity contribution in [1.29, 1.82) is 0 Å². The van der Waals surface area contributed by atoms with Gasteiger partial charge in [0.25, 0.3) is 5.56 Å². The predicted molar refractivity (Wildman–Crippen MR) is 49.2 cm³/mol. The highest BCUT2D eigenvalue weighted by Gasteiger charge is 2.72. The molecule has 0 saturated carbocycles. The van der Waals surface area contributed by atoms with Crippen molar-refractivity contribution in [3.63, 3.8) is 0 Å². The third-order valence-corrected chi connectivity index (χ3v) is 2.17. The maximum atomic E-state index is 13.3. The molecule has 18 heavy (non-hydrogen) atoms. The molecule has 0 aliphatic heterocycles. The van der Waals surface area contributed by atoms with Crippen LogP contribution in [0.5, 0.6) is 0 Å². The normalized spacial score (nSPS) is 13.8. The minimum Gasteiger partial charge on any atom is -0.311 e. The van der Waals surface area contributed by atoms with Crippen molar-refractivity contribution in [2.75, 3.05) is 0 Å². The zero-order chi connectivity index (χ0) is 14.4. The van der Waals surface area contributed by atoms with E-state index in [2.05, 4.69) is 16.6 Å². The summed E-state index contributed by atoms with van der Waals surface area (Å²) in [6.07, 6.45) is 0. The van der Waals surface area contributed by atoms with E-state index in [0.717, 1.165) is 6.92 Å². The van der Waals surface area contributed by atoms with E-state index in [4.69, 9.17) is 0 Å². The Bertz CT molecular complexity index is 509. The van der Waals surface area contributed by atoms with Gasteiger partial charge in [0, 0.05) is 6.07 Å². The van der Waals surface area contributed by atoms with Crippen molar-refractivity contribution in [3.05, 3.63) is 27.9 Å². The number of nitrogens with one attached hydrogen (secondary N) is 1. The summed E-state index contributed by atoms with van der Waals surface area (Å²) in [7, 11) is 0. The predicted octanol–water partition coefficient (Wildman–Crippen LogP) is 2.64. The van der Waals surface area contributed by atoms with Crippen molar-refractivity contribution in [2.45, 2.75) is 24.2 Å². The van der Waals surface area contributed by atoms with Crippen LogP contribution >= 0.6 is 11.6 Å². The Labute approximate surface area is 101 Å². The number of aryl methyl sites for hydroxylation is 1. The van der Waals surface area contributed by atoms with Crippen molar-refractivity contribution in [3.8, 4) is 0 Å². The first kappa shape index (κ1) is 14.8. The van der Waals surface area contributed by atoms with Crippen LogP contribution < -0.4 is 5.56 Å². The molecule has 3 nitrogen and oxygen atoms in total. The van der Waals surface area contributed by atoms with Gasteiger partial charge in [0.1, 0.15) is 11.5 Å². The SMILES string of the molecule is Cc1nc(C(F)(F)C(F)(F)C(F)(F)Cl)cc(=O)[nH]1. The van der Waals surface area contributed by atoms with E-state index >= 15 is 0 Å². The Morgan fingerprint density at radius 1 is 1.22 bits per heavy atom. The van der Waals surface area contributed by atoms with Crippen LogP contribution in [0.1, 0.15) is 11.5 Å². The average molecular weight is 295 g/mol. The number of aromatic amines is 1. The molecule has 0 aliphatic carbocycles. The maximum Gasteiger partial charge on any atom is 0.392 e. The molecule has 0 spiro atoms. The van der Waals surface area contributed by atoms with E-state index in [-0.39, 0.29) is 6.07 Å². The zero-order valence-electron chi connectivity index (χ0n) is 8.58. The highest BCUT2D eigenvalue weighted by atomic mass is 35.5. The van der Waals surface area contributed by atoms with E-state index in [1.165, 1.54) is 0 Å². The molecule has 1 aromatic heterocycles. The van der Waals surface area contributed by atoms with Gasteiger partial charge < -0.3 is 4.98 Å².